The molecule has 1 aliphatic carbocycles. The lowest BCUT2D eigenvalue weighted by Crippen LogP contribution is -2.12. The molecule has 1 atom stereocenters. The fourth-order valence-corrected chi connectivity index (χ4v) is 1.86. The van der Waals surface area contributed by atoms with Crippen LogP contribution >= 0.6 is 0 Å². The largest absolute Gasteiger partial charge is 0.448 e. The van der Waals surface area contributed by atoms with Gasteiger partial charge in [-0.15, -0.1) is 0 Å². The summed E-state index contributed by atoms with van der Waals surface area (Å²) in [6, 6.07) is 10.0. The maximum atomic E-state index is 11.4. The summed E-state index contributed by atoms with van der Waals surface area (Å²) >= 11 is 0. The molecule has 3 heteroatoms. The second kappa shape index (κ2) is 7.24. The molecule has 0 bridgehead atoms. The fraction of sp³-hybridized carbons (Fsp3) is 0.176. The van der Waals surface area contributed by atoms with Crippen LogP contribution < -0.4 is 0 Å². The highest BCUT2D eigenvalue weighted by atomic mass is 16.5. The lowest BCUT2D eigenvalue weighted by molar-refractivity contribution is 0.163. The number of aliphatic imine (C=N–C) groups is 1. The number of carbonyl (C=O) groups excluding carboxylic acids is 1. The van der Waals surface area contributed by atoms with Crippen molar-refractivity contribution in [1.29, 1.82) is 0 Å². The molecule has 20 heavy (non-hydrogen) atoms. The van der Waals surface area contributed by atoms with Gasteiger partial charge in [0, 0.05) is 5.92 Å². The standard InChI is InChI=1S/C17H17NO2/c1-2-20-17(19)18-16-11-7-6-10-15(16)13-12-14-8-4-3-5-9-14/h3-13,15H,2H2,1H3. The van der Waals surface area contributed by atoms with E-state index in [2.05, 4.69) is 4.99 Å². The zero-order chi connectivity index (χ0) is 14.2. The molecule has 1 aromatic carbocycles. The van der Waals surface area contributed by atoms with Gasteiger partial charge in [-0.25, -0.2) is 4.79 Å². The summed E-state index contributed by atoms with van der Waals surface area (Å²) in [5.74, 6) is -0.00962. The number of nitrogens with zero attached hydrogens (tertiary/aromatic N) is 1. The lowest BCUT2D eigenvalue weighted by atomic mass is 9.97. The van der Waals surface area contributed by atoms with Crippen LogP contribution in [0.3, 0.4) is 0 Å². The Morgan fingerprint density at radius 3 is 2.85 bits per heavy atom. The van der Waals surface area contributed by atoms with E-state index < -0.39 is 6.09 Å². The van der Waals surface area contributed by atoms with Gasteiger partial charge in [0.1, 0.15) is 0 Å². The summed E-state index contributed by atoms with van der Waals surface area (Å²) in [7, 11) is 0. The van der Waals surface area contributed by atoms with Crippen LogP contribution in [0.4, 0.5) is 4.79 Å². The molecule has 1 aliphatic rings. The van der Waals surface area contributed by atoms with Crippen molar-refractivity contribution < 1.29 is 9.53 Å². The van der Waals surface area contributed by atoms with Crippen LogP contribution in [0.5, 0.6) is 0 Å². The average Bonchev–Trinajstić information content (AvgIpc) is 2.48. The van der Waals surface area contributed by atoms with Crippen molar-refractivity contribution in [3.05, 3.63) is 66.3 Å². The minimum atomic E-state index is -0.541. The number of hydrogen-bond acceptors (Lipinski definition) is 2. The summed E-state index contributed by atoms with van der Waals surface area (Å²) in [6.45, 7) is 2.10. The van der Waals surface area contributed by atoms with Gasteiger partial charge in [0.05, 0.1) is 12.3 Å². The minimum absolute atomic E-state index is 0.00962. The van der Waals surface area contributed by atoms with Gasteiger partial charge >= 0.3 is 6.09 Å². The van der Waals surface area contributed by atoms with Gasteiger partial charge in [-0.1, -0.05) is 60.7 Å². The number of amides is 1. The van der Waals surface area contributed by atoms with Gasteiger partial charge in [0.2, 0.25) is 0 Å². The molecule has 0 saturated heterocycles. The number of ether oxygens (including phenoxy) is 1. The van der Waals surface area contributed by atoms with Crippen molar-refractivity contribution in [2.24, 2.45) is 10.9 Å². The number of benzene rings is 1. The van der Waals surface area contributed by atoms with Gasteiger partial charge in [-0.3, -0.25) is 0 Å². The summed E-state index contributed by atoms with van der Waals surface area (Å²) in [5.41, 5.74) is 1.81. The maximum absolute atomic E-state index is 11.4. The molecular weight excluding hydrogens is 250 g/mol. The summed E-state index contributed by atoms with van der Waals surface area (Å²) < 4.78 is 4.85. The highest BCUT2D eigenvalue weighted by Crippen LogP contribution is 2.14. The Labute approximate surface area is 119 Å². The number of hydrogen-bond donors (Lipinski definition) is 0. The Kier molecular flexibility index (Phi) is 5.07. The SMILES string of the molecule is CCOC(=O)N=C1C=CC=CC1C=Cc1ccccc1. The molecule has 0 fully saturated rings. The molecule has 3 nitrogen and oxygen atoms in total. The quantitative estimate of drug-likeness (QED) is 0.829. The Hall–Kier alpha value is -2.42. The highest BCUT2D eigenvalue weighted by Gasteiger charge is 2.12. The first-order valence-corrected chi connectivity index (χ1v) is 6.63. The molecule has 0 aromatic heterocycles. The van der Waals surface area contributed by atoms with E-state index in [1.54, 1.807) is 6.92 Å². The van der Waals surface area contributed by atoms with Crippen LogP contribution in [0.2, 0.25) is 0 Å². The molecule has 0 spiro atoms. The van der Waals surface area contributed by atoms with Crippen LogP contribution in [-0.4, -0.2) is 18.4 Å². The monoisotopic (exact) mass is 267 g/mol. The van der Waals surface area contributed by atoms with Crippen molar-refractivity contribution in [3.8, 4) is 0 Å². The molecule has 1 amide bonds. The van der Waals surface area contributed by atoms with E-state index in [0.717, 1.165) is 5.56 Å². The summed E-state index contributed by atoms with van der Waals surface area (Å²) in [5, 5.41) is 0. The summed E-state index contributed by atoms with van der Waals surface area (Å²) in [6.07, 6.45) is 11.1. The van der Waals surface area contributed by atoms with Gasteiger partial charge in [0.15, 0.2) is 0 Å². The van der Waals surface area contributed by atoms with Gasteiger partial charge in [-0.05, 0) is 18.6 Å². The Morgan fingerprint density at radius 1 is 1.30 bits per heavy atom. The molecule has 102 valence electrons. The van der Waals surface area contributed by atoms with Crippen LogP contribution in [0.15, 0.2) is 65.7 Å². The van der Waals surface area contributed by atoms with E-state index >= 15 is 0 Å². The van der Waals surface area contributed by atoms with Crippen LogP contribution in [0.1, 0.15) is 12.5 Å². The molecule has 0 radical (unpaired) electrons. The van der Waals surface area contributed by atoms with Crippen molar-refractivity contribution in [1.82, 2.24) is 0 Å². The molecular formula is C17H17NO2. The first-order chi connectivity index (χ1) is 9.79. The van der Waals surface area contributed by atoms with Crippen LogP contribution in [-0.2, 0) is 4.74 Å². The van der Waals surface area contributed by atoms with E-state index in [0.29, 0.717) is 12.3 Å². The molecule has 0 aliphatic heterocycles. The smallest absolute Gasteiger partial charge is 0.433 e. The maximum Gasteiger partial charge on any atom is 0.433 e. The Morgan fingerprint density at radius 2 is 2.10 bits per heavy atom. The molecule has 0 saturated carbocycles. The Balaban J connectivity index is 2.12. The normalized spacial score (nSPS) is 19.6. The number of rotatable bonds is 3. The van der Waals surface area contributed by atoms with Gasteiger partial charge in [0.25, 0.3) is 0 Å². The minimum Gasteiger partial charge on any atom is -0.448 e. The second-order valence-corrected chi connectivity index (χ2v) is 4.28. The predicted molar refractivity (Wildman–Crippen MR) is 81.7 cm³/mol. The number of allylic oxidation sites excluding steroid dienone is 5. The third kappa shape index (κ3) is 4.05. The van der Waals surface area contributed by atoms with Crippen molar-refractivity contribution in [2.45, 2.75) is 6.92 Å². The van der Waals surface area contributed by atoms with E-state index in [1.165, 1.54) is 0 Å². The molecule has 0 heterocycles. The average molecular weight is 267 g/mol. The topological polar surface area (TPSA) is 38.7 Å². The van der Waals surface area contributed by atoms with Crippen molar-refractivity contribution >= 4 is 17.9 Å². The van der Waals surface area contributed by atoms with Crippen LogP contribution in [0.25, 0.3) is 6.08 Å². The number of carbonyl (C=O) groups is 1. The van der Waals surface area contributed by atoms with E-state index in [1.807, 2.05) is 66.8 Å². The molecule has 1 aromatic rings. The predicted octanol–water partition coefficient (Wildman–Crippen LogP) is 4.04. The molecule has 0 N–H and O–H groups in total. The molecule has 1 unspecified atom stereocenters. The second-order valence-electron chi connectivity index (χ2n) is 4.28. The van der Waals surface area contributed by atoms with Gasteiger partial charge < -0.3 is 4.74 Å². The zero-order valence-electron chi connectivity index (χ0n) is 11.4. The van der Waals surface area contributed by atoms with Gasteiger partial charge in [-0.2, -0.15) is 4.99 Å². The van der Waals surface area contributed by atoms with Crippen molar-refractivity contribution in [2.75, 3.05) is 6.61 Å². The first kappa shape index (κ1) is 14.0. The lowest BCUT2D eigenvalue weighted by Gasteiger charge is -2.11. The van der Waals surface area contributed by atoms with Crippen molar-refractivity contribution in [3.63, 3.8) is 0 Å². The van der Waals surface area contributed by atoms with E-state index in [-0.39, 0.29) is 5.92 Å². The third-order valence-electron chi connectivity index (χ3n) is 2.82. The van der Waals surface area contributed by atoms with E-state index in [4.69, 9.17) is 4.74 Å². The third-order valence-corrected chi connectivity index (χ3v) is 2.82. The first-order valence-electron chi connectivity index (χ1n) is 6.63. The summed E-state index contributed by atoms with van der Waals surface area (Å²) in [4.78, 5) is 15.4. The Bertz CT molecular complexity index is 568. The fourth-order valence-electron chi connectivity index (χ4n) is 1.86. The molecule has 2 rings (SSSR count). The highest BCUT2D eigenvalue weighted by molar-refractivity contribution is 6.05. The zero-order valence-corrected chi connectivity index (χ0v) is 11.4. The van der Waals surface area contributed by atoms with E-state index in [9.17, 15) is 4.79 Å². The van der Waals surface area contributed by atoms with Crippen LogP contribution in [0, 0.1) is 5.92 Å².